The lowest BCUT2D eigenvalue weighted by molar-refractivity contribution is 0.00578. The van der Waals surface area contributed by atoms with Gasteiger partial charge in [0.2, 0.25) is 0 Å². The standard InChI is InChI=1S/C27H32BO2P/c1-19-8-13-22(14-9-19)31(23-15-10-20(2)11-16-23)25-17-12-21(3)18-24(25)28-29-26(4,5)27(6,7)30-28/h8-18H,1-7H3. The fraction of sp³-hybridized carbons (Fsp3) is 0.333. The fourth-order valence-electron chi connectivity index (χ4n) is 3.85. The van der Waals surface area contributed by atoms with Gasteiger partial charge < -0.3 is 9.31 Å². The Hall–Kier alpha value is -1.93. The van der Waals surface area contributed by atoms with E-state index < -0.39 is 7.92 Å². The Labute approximate surface area is 188 Å². The Morgan fingerprint density at radius 3 is 1.48 bits per heavy atom. The first kappa shape index (κ1) is 22.3. The van der Waals surface area contributed by atoms with E-state index in [2.05, 4.69) is 115 Å². The van der Waals surface area contributed by atoms with Gasteiger partial charge in [0.1, 0.15) is 0 Å². The monoisotopic (exact) mass is 430 g/mol. The molecule has 0 amide bonds. The average Bonchev–Trinajstić information content (AvgIpc) is 2.93. The van der Waals surface area contributed by atoms with Crippen LogP contribution in [0.1, 0.15) is 44.4 Å². The van der Waals surface area contributed by atoms with Gasteiger partial charge in [-0.15, -0.1) is 0 Å². The summed E-state index contributed by atoms with van der Waals surface area (Å²) in [5, 5.41) is 3.98. The van der Waals surface area contributed by atoms with Crippen LogP contribution in [0.2, 0.25) is 0 Å². The zero-order chi connectivity index (χ0) is 22.4. The van der Waals surface area contributed by atoms with Gasteiger partial charge in [0.25, 0.3) is 0 Å². The van der Waals surface area contributed by atoms with Gasteiger partial charge in [-0.3, -0.25) is 0 Å². The fourth-order valence-corrected chi connectivity index (χ4v) is 6.25. The molecule has 0 spiro atoms. The van der Waals surface area contributed by atoms with E-state index in [1.807, 2.05) is 0 Å². The Morgan fingerprint density at radius 2 is 1.03 bits per heavy atom. The van der Waals surface area contributed by atoms with Crippen LogP contribution in [0.4, 0.5) is 0 Å². The second kappa shape index (κ2) is 8.21. The molecule has 0 aliphatic carbocycles. The molecule has 2 nitrogen and oxygen atoms in total. The highest BCUT2D eigenvalue weighted by Gasteiger charge is 2.52. The molecule has 4 rings (SSSR count). The molecule has 0 N–H and O–H groups in total. The molecule has 1 aliphatic heterocycles. The maximum absolute atomic E-state index is 6.49. The Morgan fingerprint density at radius 1 is 0.613 bits per heavy atom. The van der Waals surface area contributed by atoms with E-state index in [0.29, 0.717) is 0 Å². The minimum absolute atomic E-state index is 0.366. The Bertz CT molecular complexity index is 1010. The third kappa shape index (κ3) is 4.37. The summed E-state index contributed by atoms with van der Waals surface area (Å²) in [5.74, 6) is 0. The summed E-state index contributed by atoms with van der Waals surface area (Å²) >= 11 is 0. The maximum Gasteiger partial charge on any atom is 0.495 e. The van der Waals surface area contributed by atoms with E-state index in [4.69, 9.17) is 9.31 Å². The maximum atomic E-state index is 6.49. The summed E-state index contributed by atoms with van der Waals surface area (Å²) in [6, 6.07) is 24.7. The number of hydrogen-bond acceptors (Lipinski definition) is 2. The third-order valence-corrected chi connectivity index (χ3v) is 9.03. The number of rotatable bonds is 4. The molecule has 31 heavy (non-hydrogen) atoms. The molecular formula is C27H32BO2P. The van der Waals surface area contributed by atoms with E-state index in [1.54, 1.807) is 0 Å². The molecule has 0 atom stereocenters. The van der Waals surface area contributed by atoms with Crippen molar-refractivity contribution in [3.05, 3.63) is 83.4 Å². The third-order valence-electron chi connectivity index (χ3n) is 6.52. The van der Waals surface area contributed by atoms with Crippen molar-refractivity contribution in [3.8, 4) is 0 Å². The average molecular weight is 430 g/mol. The molecule has 4 heteroatoms. The van der Waals surface area contributed by atoms with Gasteiger partial charge in [0.15, 0.2) is 0 Å². The van der Waals surface area contributed by atoms with Crippen LogP contribution in [0.3, 0.4) is 0 Å². The quantitative estimate of drug-likeness (QED) is 0.443. The van der Waals surface area contributed by atoms with E-state index in [-0.39, 0.29) is 18.3 Å². The smallest absolute Gasteiger partial charge is 0.399 e. The van der Waals surface area contributed by atoms with Crippen molar-refractivity contribution in [2.75, 3.05) is 0 Å². The predicted molar refractivity (Wildman–Crippen MR) is 135 cm³/mol. The van der Waals surface area contributed by atoms with E-state index >= 15 is 0 Å². The molecule has 1 fully saturated rings. The highest BCUT2D eigenvalue weighted by molar-refractivity contribution is 7.80. The summed E-state index contributed by atoms with van der Waals surface area (Å²) in [4.78, 5) is 0. The molecular weight excluding hydrogens is 398 g/mol. The molecule has 3 aromatic carbocycles. The zero-order valence-corrected chi connectivity index (χ0v) is 20.6. The van der Waals surface area contributed by atoms with Crippen molar-refractivity contribution in [1.29, 1.82) is 0 Å². The molecule has 0 radical (unpaired) electrons. The molecule has 1 saturated heterocycles. The van der Waals surface area contributed by atoms with Crippen LogP contribution in [-0.2, 0) is 9.31 Å². The van der Waals surface area contributed by atoms with Crippen LogP contribution in [0.15, 0.2) is 66.7 Å². The van der Waals surface area contributed by atoms with Gasteiger partial charge in [-0.25, -0.2) is 0 Å². The van der Waals surface area contributed by atoms with Crippen molar-refractivity contribution < 1.29 is 9.31 Å². The first-order valence-electron chi connectivity index (χ1n) is 11.0. The lowest BCUT2D eigenvalue weighted by Crippen LogP contribution is -2.44. The van der Waals surface area contributed by atoms with Crippen LogP contribution in [-0.4, -0.2) is 18.3 Å². The SMILES string of the molecule is Cc1ccc(P(c2ccc(C)cc2)c2ccc(C)cc2B2OC(C)(C)C(C)(C)O2)cc1. The van der Waals surface area contributed by atoms with Crippen molar-refractivity contribution in [2.24, 2.45) is 0 Å². The first-order valence-corrected chi connectivity index (χ1v) is 12.3. The summed E-state index contributed by atoms with van der Waals surface area (Å²) in [5.41, 5.74) is 4.18. The van der Waals surface area contributed by atoms with Crippen LogP contribution in [0.25, 0.3) is 0 Å². The molecule has 1 aliphatic rings. The summed E-state index contributed by atoms with van der Waals surface area (Å²) in [7, 11) is -1.12. The van der Waals surface area contributed by atoms with Gasteiger partial charge in [-0.2, -0.15) is 0 Å². The first-order chi connectivity index (χ1) is 14.6. The van der Waals surface area contributed by atoms with Crippen LogP contribution in [0.5, 0.6) is 0 Å². The van der Waals surface area contributed by atoms with E-state index in [9.17, 15) is 0 Å². The molecule has 0 saturated carbocycles. The summed E-state index contributed by atoms with van der Waals surface area (Å²) in [6.07, 6.45) is 0. The van der Waals surface area contributed by atoms with Crippen LogP contribution in [0, 0.1) is 20.8 Å². The van der Waals surface area contributed by atoms with Crippen LogP contribution >= 0.6 is 7.92 Å². The van der Waals surface area contributed by atoms with Crippen LogP contribution < -0.4 is 21.4 Å². The molecule has 3 aromatic rings. The molecule has 0 bridgehead atoms. The van der Waals surface area contributed by atoms with E-state index in [1.165, 1.54) is 32.6 Å². The van der Waals surface area contributed by atoms with Crippen molar-refractivity contribution >= 4 is 36.4 Å². The van der Waals surface area contributed by atoms with Gasteiger partial charge in [0, 0.05) is 0 Å². The largest absolute Gasteiger partial charge is 0.495 e. The predicted octanol–water partition coefficient (Wildman–Crippen LogP) is 4.67. The minimum atomic E-state index is -0.742. The summed E-state index contributed by atoms with van der Waals surface area (Å²) < 4.78 is 13.0. The van der Waals surface area contributed by atoms with Crippen molar-refractivity contribution in [1.82, 2.24) is 0 Å². The molecule has 1 heterocycles. The Balaban J connectivity index is 1.88. The molecule has 0 aromatic heterocycles. The lowest BCUT2D eigenvalue weighted by atomic mass is 9.78. The number of hydrogen-bond donors (Lipinski definition) is 0. The van der Waals surface area contributed by atoms with Gasteiger partial charge >= 0.3 is 7.12 Å². The van der Waals surface area contributed by atoms with Gasteiger partial charge in [0.05, 0.1) is 11.2 Å². The second-order valence-electron chi connectivity index (χ2n) is 9.66. The number of benzene rings is 3. The second-order valence-corrected chi connectivity index (χ2v) is 11.8. The van der Waals surface area contributed by atoms with Gasteiger partial charge in [-0.1, -0.05) is 83.4 Å². The lowest BCUT2D eigenvalue weighted by Gasteiger charge is -2.32. The van der Waals surface area contributed by atoms with Crippen molar-refractivity contribution in [2.45, 2.75) is 59.7 Å². The highest BCUT2D eigenvalue weighted by Crippen LogP contribution is 2.38. The normalized spacial score (nSPS) is 17.4. The zero-order valence-electron chi connectivity index (χ0n) is 19.7. The highest BCUT2D eigenvalue weighted by atomic mass is 31.1. The van der Waals surface area contributed by atoms with Gasteiger partial charge in [-0.05, 0) is 77.8 Å². The topological polar surface area (TPSA) is 18.5 Å². The molecule has 0 unspecified atom stereocenters. The molecule has 160 valence electrons. The Kier molecular flexibility index (Phi) is 5.90. The number of aryl methyl sites for hydroxylation is 3. The van der Waals surface area contributed by atoms with E-state index in [0.717, 1.165) is 5.46 Å². The summed E-state index contributed by atoms with van der Waals surface area (Å²) in [6.45, 7) is 14.9. The minimum Gasteiger partial charge on any atom is -0.399 e. The van der Waals surface area contributed by atoms with Crippen molar-refractivity contribution in [3.63, 3.8) is 0 Å².